The standard InChI is InChI=1S/C45H29NO2/c1-28-12-9-17-32(24-28)46(39-23-11-22-37-36-21-10-20-33(44(36)48-45(37)39)29-13-3-2-4-14-29)40-27-42-43(35-19-8-7-18-34(35)40)38-25-30-15-5-6-16-31(30)26-41(38)47-42/h2-27H,1H3. The number of benzene rings is 8. The summed E-state index contributed by atoms with van der Waals surface area (Å²) in [5, 5.41) is 9.10. The summed E-state index contributed by atoms with van der Waals surface area (Å²) in [7, 11) is 0. The highest BCUT2D eigenvalue weighted by Crippen LogP contribution is 2.48. The molecule has 8 aromatic carbocycles. The van der Waals surface area contributed by atoms with Crippen molar-refractivity contribution in [2.45, 2.75) is 6.92 Å². The molecule has 0 saturated carbocycles. The van der Waals surface area contributed by atoms with Gasteiger partial charge in [-0.25, -0.2) is 0 Å². The third-order valence-corrected chi connectivity index (χ3v) is 9.65. The number of fused-ring (bicyclic) bond motifs is 9. The van der Waals surface area contributed by atoms with Crippen molar-refractivity contribution in [3.8, 4) is 11.1 Å². The Morgan fingerprint density at radius 3 is 1.96 bits per heavy atom. The molecule has 10 rings (SSSR count). The van der Waals surface area contributed by atoms with Crippen LogP contribution < -0.4 is 4.90 Å². The summed E-state index contributed by atoms with van der Waals surface area (Å²) in [4.78, 5) is 2.34. The highest BCUT2D eigenvalue weighted by atomic mass is 16.3. The van der Waals surface area contributed by atoms with Gasteiger partial charge in [0.1, 0.15) is 16.7 Å². The van der Waals surface area contributed by atoms with Crippen molar-refractivity contribution in [2.75, 3.05) is 4.90 Å². The summed E-state index contributed by atoms with van der Waals surface area (Å²) in [5.74, 6) is 0. The molecule has 0 aliphatic carbocycles. The molecule has 0 bridgehead atoms. The van der Waals surface area contributed by atoms with E-state index in [4.69, 9.17) is 8.83 Å². The molecule has 0 N–H and O–H groups in total. The molecule has 2 aromatic heterocycles. The molecule has 10 aromatic rings. The van der Waals surface area contributed by atoms with E-state index in [0.29, 0.717) is 0 Å². The number of hydrogen-bond donors (Lipinski definition) is 0. The van der Waals surface area contributed by atoms with E-state index in [0.717, 1.165) is 82.8 Å². The second kappa shape index (κ2) is 10.3. The number of rotatable bonds is 4. The van der Waals surface area contributed by atoms with Crippen LogP contribution in [-0.4, -0.2) is 0 Å². The summed E-state index contributed by atoms with van der Waals surface area (Å²) in [6.07, 6.45) is 0. The Bertz CT molecular complexity index is 2860. The third kappa shape index (κ3) is 4.01. The predicted octanol–water partition coefficient (Wildman–Crippen LogP) is 13.2. The molecule has 0 unspecified atom stereocenters. The fourth-order valence-corrected chi connectivity index (χ4v) is 7.49. The van der Waals surface area contributed by atoms with Crippen LogP contribution in [0.1, 0.15) is 5.56 Å². The lowest BCUT2D eigenvalue weighted by atomic mass is 9.99. The molecule has 0 aliphatic rings. The lowest BCUT2D eigenvalue weighted by Crippen LogP contribution is -2.11. The first-order chi connectivity index (χ1) is 23.7. The van der Waals surface area contributed by atoms with Gasteiger partial charge in [-0.05, 0) is 64.5 Å². The third-order valence-electron chi connectivity index (χ3n) is 9.65. The maximum Gasteiger partial charge on any atom is 0.159 e. The number of nitrogens with zero attached hydrogens (tertiary/aromatic N) is 1. The molecule has 226 valence electrons. The zero-order chi connectivity index (χ0) is 31.8. The second-order valence-corrected chi connectivity index (χ2v) is 12.6. The van der Waals surface area contributed by atoms with Gasteiger partial charge in [0, 0.05) is 44.2 Å². The number of furan rings is 2. The average molecular weight is 616 g/mol. The summed E-state index contributed by atoms with van der Waals surface area (Å²) in [6, 6.07) is 55.8. The Morgan fingerprint density at radius 1 is 0.438 bits per heavy atom. The normalized spacial score (nSPS) is 11.9. The van der Waals surface area contributed by atoms with Crippen LogP contribution >= 0.6 is 0 Å². The highest BCUT2D eigenvalue weighted by molar-refractivity contribution is 6.24. The highest BCUT2D eigenvalue weighted by Gasteiger charge is 2.24. The van der Waals surface area contributed by atoms with Crippen LogP contribution in [0.2, 0.25) is 0 Å². The van der Waals surface area contributed by atoms with Gasteiger partial charge in [-0.1, -0.05) is 121 Å². The zero-order valence-electron chi connectivity index (χ0n) is 26.3. The quantitative estimate of drug-likeness (QED) is 0.197. The Hall–Kier alpha value is -6.32. The van der Waals surface area contributed by atoms with Crippen LogP contribution in [0.5, 0.6) is 0 Å². The molecular weight excluding hydrogens is 587 g/mol. The van der Waals surface area contributed by atoms with Gasteiger partial charge in [-0.3, -0.25) is 0 Å². The minimum absolute atomic E-state index is 0.845. The first kappa shape index (κ1) is 26.9. The van der Waals surface area contributed by atoms with Gasteiger partial charge in [-0.2, -0.15) is 0 Å². The van der Waals surface area contributed by atoms with Gasteiger partial charge >= 0.3 is 0 Å². The van der Waals surface area contributed by atoms with Crippen molar-refractivity contribution in [3.05, 3.63) is 163 Å². The monoisotopic (exact) mass is 615 g/mol. The lowest BCUT2D eigenvalue weighted by molar-refractivity contribution is 0.668. The minimum atomic E-state index is 0.845. The van der Waals surface area contributed by atoms with Crippen LogP contribution in [0.15, 0.2) is 167 Å². The van der Waals surface area contributed by atoms with E-state index >= 15 is 0 Å². The van der Waals surface area contributed by atoms with Crippen LogP contribution in [0.3, 0.4) is 0 Å². The summed E-state index contributed by atoms with van der Waals surface area (Å²) >= 11 is 0. The van der Waals surface area contributed by atoms with E-state index in [2.05, 4.69) is 163 Å². The molecule has 3 heteroatoms. The fourth-order valence-electron chi connectivity index (χ4n) is 7.49. The maximum atomic E-state index is 6.95. The largest absolute Gasteiger partial charge is 0.456 e. The SMILES string of the molecule is Cc1cccc(N(c2cc3oc4cc5ccccc5cc4c3c3ccccc23)c2cccc3c2oc2c(-c4ccccc4)cccc23)c1. The Labute approximate surface area is 276 Å². The van der Waals surface area contributed by atoms with Crippen LogP contribution in [0, 0.1) is 6.92 Å². The van der Waals surface area contributed by atoms with Crippen molar-refractivity contribution in [1.82, 2.24) is 0 Å². The van der Waals surface area contributed by atoms with Crippen molar-refractivity contribution in [2.24, 2.45) is 0 Å². The smallest absolute Gasteiger partial charge is 0.159 e. The van der Waals surface area contributed by atoms with Crippen molar-refractivity contribution in [1.29, 1.82) is 0 Å². The summed E-state index contributed by atoms with van der Waals surface area (Å²) in [5.41, 5.74) is 9.93. The Balaban J connectivity index is 1.30. The molecule has 0 aliphatic heterocycles. The van der Waals surface area contributed by atoms with Crippen molar-refractivity contribution >= 4 is 82.5 Å². The zero-order valence-corrected chi connectivity index (χ0v) is 26.3. The molecule has 2 heterocycles. The van der Waals surface area contributed by atoms with Crippen molar-refractivity contribution < 1.29 is 8.83 Å². The fraction of sp³-hybridized carbons (Fsp3) is 0.0222. The van der Waals surface area contributed by atoms with Gasteiger partial charge < -0.3 is 13.7 Å². The van der Waals surface area contributed by atoms with Crippen LogP contribution in [-0.2, 0) is 0 Å². The first-order valence-electron chi connectivity index (χ1n) is 16.3. The minimum Gasteiger partial charge on any atom is -0.456 e. The van der Waals surface area contributed by atoms with E-state index in [1.165, 1.54) is 16.3 Å². The number of aryl methyl sites for hydroxylation is 1. The number of anilines is 3. The van der Waals surface area contributed by atoms with E-state index in [1.54, 1.807) is 0 Å². The van der Waals surface area contributed by atoms with E-state index in [-0.39, 0.29) is 0 Å². The summed E-state index contributed by atoms with van der Waals surface area (Å²) in [6.45, 7) is 2.14. The molecule has 48 heavy (non-hydrogen) atoms. The van der Waals surface area contributed by atoms with E-state index < -0.39 is 0 Å². The Kier molecular flexibility index (Phi) is 5.79. The number of para-hydroxylation sites is 2. The molecule has 0 amide bonds. The number of hydrogen-bond acceptors (Lipinski definition) is 3. The summed E-state index contributed by atoms with van der Waals surface area (Å²) < 4.78 is 13.7. The molecular formula is C45H29NO2. The topological polar surface area (TPSA) is 29.5 Å². The molecule has 0 fully saturated rings. The van der Waals surface area contributed by atoms with Gasteiger partial charge in [-0.15, -0.1) is 0 Å². The van der Waals surface area contributed by atoms with Gasteiger partial charge in [0.25, 0.3) is 0 Å². The van der Waals surface area contributed by atoms with Gasteiger partial charge in [0.15, 0.2) is 5.58 Å². The maximum absolute atomic E-state index is 6.95. The molecule has 0 spiro atoms. The predicted molar refractivity (Wildman–Crippen MR) is 201 cm³/mol. The average Bonchev–Trinajstić information content (AvgIpc) is 3.69. The van der Waals surface area contributed by atoms with Crippen LogP contribution in [0.25, 0.3) is 76.5 Å². The molecule has 0 radical (unpaired) electrons. The second-order valence-electron chi connectivity index (χ2n) is 12.6. The molecule has 0 atom stereocenters. The van der Waals surface area contributed by atoms with E-state index in [1.807, 2.05) is 6.07 Å². The first-order valence-corrected chi connectivity index (χ1v) is 16.3. The lowest BCUT2D eigenvalue weighted by Gasteiger charge is -2.27. The van der Waals surface area contributed by atoms with Gasteiger partial charge in [0.05, 0.1) is 11.4 Å². The Morgan fingerprint density at radius 2 is 1.12 bits per heavy atom. The van der Waals surface area contributed by atoms with Gasteiger partial charge in [0.2, 0.25) is 0 Å². The van der Waals surface area contributed by atoms with Crippen molar-refractivity contribution in [3.63, 3.8) is 0 Å². The van der Waals surface area contributed by atoms with Crippen LogP contribution in [0.4, 0.5) is 17.1 Å². The molecule has 0 saturated heterocycles. The van der Waals surface area contributed by atoms with E-state index in [9.17, 15) is 0 Å². The molecule has 3 nitrogen and oxygen atoms in total.